The highest BCUT2D eigenvalue weighted by Gasteiger charge is 2.23. The second-order valence-electron chi connectivity index (χ2n) is 7.66. The average Bonchev–Trinajstić information content (AvgIpc) is 3.54. The summed E-state index contributed by atoms with van der Waals surface area (Å²) < 4.78 is 17.9. The van der Waals surface area contributed by atoms with Crippen molar-refractivity contribution in [3.05, 3.63) is 71.4 Å². The summed E-state index contributed by atoms with van der Waals surface area (Å²) in [6, 6.07) is 16.8. The molecule has 2 heterocycles. The Hall–Kier alpha value is -3.83. The van der Waals surface area contributed by atoms with Crippen molar-refractivity contribution in [2.45, 2.75) is 25.2 Å². The quantitative estimate of drug-likeness (QED) is 0.207. The number of thioether (sulfide) groups is 1. The highest BCUT2D eigenvalue weighted by atomic mass is 32.2. The summed E-state index contributed by atoms with van der Waals surface area (Å²) in [7, 11) is 2.91. The van der Waals surface area contributed by atoms with E-state index in [1.54, 1.807) is 7.11 Å². The fraction of sp³-hybridized carbons (Fsp3) is 0.231. The monoisotopic (exact) mass is 538 g/mol. The minimum Gasteiger partial charge on any atom is -0.497 e. The fourth-order valence-corrected chi connectivity index (χ4v) is 5.34. The van der Waals surface area contributed by atoms with Crippen molar-refractivity contribution >= 4 is 40.0 Å². The van der Waals surface area contributed by atoms with Crippen molar-refractivity contribution < 1.29 is 23.8 Å². The number of thiophene rings is 1. The van der Waals surface area contributed by atoms with Crippen molar-refractivity contribution in [2.75, 3.05) is 25.3 Å². The van der Waals surface area contributed by atoms with Gasteiger partial charge in [0.2, 0.25) is 5.91 Å². The Balaban J connectivity index is 1.43. The third kappa shape index (κ3) is 6.30. The summed E-state index contributed by atoms with van der Waals surface area (Å²) in [6.07, 6.45) is 0. The van der Waals surface area contributed by atoms with Crippen molar-refractivity contribution in [1.82, 2.24) is 14.8 Å². The smallest absolute Gasteiger partial charge is 0.341 e. The zero-order valence-electron chi connectivity index (χ0n) is 20.6. The van der Waals surface area contributed by atoms with Gasteiger partial charge in [0.25, 0.3) is 0 Å². The number of esters is 1. The minimum absolute atomic E-state index is 0.0913. The van der Waals surface area contributed by atoms with E-state index in [4.69, 9.17) is 14.2 Å². The summed E-state index contributed by atoms with van der Waals surface area (Å²) in [6.45, 7) is 2.88. The van der Waals surface area contributed by atoms with E-state index in [0.717, 1.165) is 11.3 Å². The number of rotatable bonds is 11. The maximum absolute atomic E-state index is 12.8. The molecular formula is C26H26N4O5S2. The van der Waals surface area contributed by atoms with Crippen LogP contribution in [-0.4, -0.2) is 46.6 Å². The molecule has 0 saturated carbocycles. The summed E-state index contributed by atoms with van der Waals surface area (Å²) in [5, 5.41) is 14.2. The van der Waals surface area contributed by atoms with Gasteiger partial charge in [-0.05, 0) is 36.8 Å². The number of methoxy groups -OCH3 is 2. The van der Waals surface area contributed by atoms with Crippen LogP contribution in [0.5, 0.6) is 11.5 Å². The number of hydrogen-bond donors (Lipinski definition) is 1. The van der Waals surface area contributed by atoms with Crippen molar-refractivity contribution in [2.24, 2.45) is 0 Å². The van der Waals surface area contributed by atoms with Gasteiger partial charge in [-0.3, -0.25) is 4.79 Å². The molecule has 0 aliphatic heterocycles. The van der Waals surface area contributed by atoms with Crippen LogP contribution in [0.2, 0.25) is 0 Å². The molecule has 0 aliphatic carbocycles. The Morgan fingerprint density at radius 1 is 1.03 bits per heavy atom. The first-order valence-electron chi connectivity index (χ1n) is 11.4. The zero-order chi connectivity index (χ0) is 26.2. The number of nitrogens with one attached hydrogen (secondary N) is 1. The van der Waals surface area contributed by atoms with Gasteiger partial charge in [-0.15, -0.1) is 21.5 Å². The Morgan fingerprint density at radius 2 is 1.78 bits per heavy atom. The number of ether oxygens (including phenoxy) is 3. The van der Waals surface area contributed by atoms with E-state index in [9.17, 15) is 9.59 Å². The van der Waals surface area contributed by atoms with E-state index in [1.165, 1.54) is 30.2 Å². The molecule has 0 aliphatic rings. The Kier molecular flexibility index (Phi) is 8.81. The van der Waals surface area contributed by atoms with Crippen molar-refractivity contribution in [3.8, 4) is 22.6 Å². The van der Waals surface area contributed by atoms with Gasteiger partial charge in [0, 0.05) is 17.5 Å². The molecule has 4 aromatic rings. The number of amides is 1. The second kappa shape index (κ2) is 12.4. The molecule has 2 aromatic carbocycles. The third-order valence-electron chi connectivity index (χ3n) is 5.39. The first-order valence-corrected chi connectivity index (χ1v) is 13.3. The maximum atomic E-state index is 12.8. The molecule has 0 unspecified atom stereocenters. The van der Waals surface area contributed by atoms with Crippen LogP contribution in [0.4, 0.5) is 5.00 Å². The molecule has 4 rings (SSSR count). The lowest BCUT2D eigenvalue weighted by molar-refractivity contribution is -0.113. The molecule has 1 amide bonds. The van der Waals surface area contributed by atoms with Crippen LogP contribution in [0.15, 0.2) is 65.1 Å². The minimum atomic E-state index is -0.524. The van der Waals surface area contributed by atoms with E-state index < -0.39 is 5.97 Å². The van der Waals surface area contributed by atoms with E-state index >= 15 is 0 Å². The molecule has 0 saturated heterocycles. The number of hydrogen-bond acceptors (Lipinski definition) is 9. The average molecular weight is 539 g/mol. The topological polar surface area (TPSA) is 105 Å². The first-order chi connectivity index (χ1) is 18.0. The highest BCUT2D eigenvalue weighted by molar-refractivity contribution is 7.99. The molecule has 9 nitrogen and oxygen atoms in total. The Labute approximate surface area is 222 Å². The standard InChI is InChI=1S/C26H26N4O5S2/c1-4-30-21(14-35-19-8-6-5-7-9-19)28-29-26(30)37-16-22(31)27-24-23(25(32)34-3)20(15-36-24)17-10-12-18(33-2)13-11-17/h5-13,15H,4,14,16H2,1-3H3,(H,27,31). The predicted molar refractivity (Wildman–Crippen MR) is 143 cm³/mol. The number of aromatic nitrogens is 3. The first kappa shape index (κ1) is 26.2. The third-order valence-corrected chi connectivity index (χ3v) is 7.25. The number of nitrogens with zero attached hydrogens (tertiary/aromatic N) is 3. The predicted octanol–water partition coefficient (Wildman–Crippen LogP) is 5.13. The second-order valence-corrected chi connectivity index (χ2v) is 9.48. The molecule has 2 aromatic heterocycles. The lowest BCUT2D eigenvalue weighted by Gasteiger charge is -2.09. The van der Waals surface area contributed by atoms with Crippen LogP contribution in [0, 0.1) is 0 Å². The number of anilines is 1. The van der Waals surface area contributed by atoms with Gasteiger partial charge in [-0.25, -0.2) is 4.79 Å². The molecule has 1 N–H and O–H groups in total. The Morgan fingerprint density at radius 3 is 2.46 bits per heavy atom. The number of benzene rings is 2. The Bertz CT molecular complexity index is 1350. The molecule has 37 heavy (non-hydrogen) atoms. The van der Waals surface area contributed by atoms with Gasteiger partial charge >= 0.3 is 5.97 Å². The van der Waals surface area contributed by atoms with Crippen LogP contribution in [-0.2, 0) is 22.7 Å². The molecule has 0 fully saturated rings. The SMILES string of the molecule is CCn1c(COc2ccccc2)nnc1SCC(=O)Nc1scc(-c2ccc(OC)cc2)c1C(=O)OC. The van der Waals surface area contributed by atoms with Gasteiger partial charge < -0.3 is 24.1 Å². The van der Waals surface area contributed by atoms with Crippen molar-refractivity contribution in [3.63, 3.8) is 0 Å². The molecule has 0 atom stereocenters. The van der Waals surface area contributed by atoms with Crippen LogP contribution in [0.3, 0.4) is 0 Å². The van der Waals surface area contributed by atoms with Gasteiger partial charge in [-0.1, -0.05) is 42.1 Å². The lowest BCUT2D eigenvalue weighted by Crippen LogP contribution is -2.16. The van der Waals surface area contributed by atoms with E-state index in [2.05, 4.69) is 15.5 Å². The molecule has 0 spiro atoms. The largest absolute Gasteiger partial charge is 0.497 e. The van der Waals surface area contributed by atoms with Gasteiger partial charge in [0.15, 0.2) is 11.0 Å². The summed E-state index contributed by atoms with van der Waals surface area (Å²) >= 11 is 2.53. The molecule has 0 radical (unpaired) electrons. The molecule has 11 heteroatoms. The van der Waals surface area contributed by atoms with Gasteiger partial charge in [0.1, 0.15) is 28.7 Å². The van der Waals surface area contributed by atoms with Crippen molar-refractivity contribution in [1.29, 1.82) is 0 Å². The number of carbonyl (C=O) groups excluding carboxylic acids is 2. The lowest BCUT2D eigenvalue weighted by atomic mass is 10.0. The van der Waals surface area contributed by atoms with Crippen LogP contribution in [0.25, 0.3) is 11.1 Å². The molecule has 0 bridgehead atoms. The van der Waals surface area contributed by atoms with Gasteiger partial charge in [-0.2, -0.15) is 0 Å². The van der Waals surface area contributed by atoms with Crippen LogP contribution < -0.4 is 14.8 Å². The maximum Gasteiger partial charge on any atom is 0.341 e. The summed E-state index contributed by atoms with van der Waals surface area (Å²) in [5.41, 5.74) is 1.80. The van der Waals surface area contributed by atoms with Gasteiger partial charge in [0.05, 0.1) is 20.0 Å². The number of carbonyl (C=O) groups is 2. The zero-order valence-corrected chi connectivity index (χ0v) is 22.2. The van der Waals surface area contributed by atoms with E-state index in [1.807, 2.05) is 71.5 Å². The summed E-state index contributed by atoms with van der Waals surface area (Å²) in [5.74, 6) is 1.42. The molecular weight excluding hydrogens is 512 g/mol. The van der Waals surface area contributed by atoms with Crippen LogP contribution in [0.1, 0.15) is 23.1 Å². The normalized spacial score (nSPS) is 10.7. The fourth-order valence-electron chi connectivity index (χ4n) is 3.55. The highest BCUT2D eigenvalue weighted by Crippen LogP contribution is 2.37. The van der Waals surface area contributed by atoms with E-state index in [0.29, 0.717) is 39.4 Å². The molecule has 192 valence electrons. The number of para-hydroxylation sites is 1. The summed E-state index contributed by atoms with van der Waals surface area (Å²) in [4.78, 5) is 25.4. The van der Waals surface area contributed by atoms with Crippen LogP contribution >= 0.6 is 23.1 Å². The van der Waals surface area contributed by atoms with E-state index in [-0.39, 0.29) is 18.3 Å².